The number of ether oxygens (including phenoxy) is 3. The van der Waals surface area contributed by atoms with Crippen molar-refractivity contribution < 1.29 is 23.8 Å². The highest BCUT2D eigenvalue weighted by molar-refractivity contribution is 6.39. The lowest BCUT2D eigenvalue weighted by atomic mass is 9.83. The molecule has 3 aromatic carbocycles. The van der Waals surface area contributed by atoms with E-state index in [1.54, 1.807) is 41.1 Å². The molecule has 1 aliphatic rings. The Morgan fingerprint density at radius 1 is 0.892 bits per heavy atom. The second-order valence-corrected chi connectivity index (χ2v) is 10.1. The topological polar surface area (TPSA) is 65.1 Å². The number of benzene rings is 3. The Hall–Kier alpha value is -4.06. The highest BCUT2D eigenvalue weighted by Gasteiger charge is 2.40. The maximum atomic E-state index is 13.7. The SMILES string of the molecule is COc1ccc(C(C/C(C)=C2/C(=O)N(C(=O)OC(C)(C)C)c3ccccc32)c2ccccc2OC)cc1. The summed E-state index contributed by atoms with van der Waals surface area (Å²) < 4.78 is 16.6. The van der Waals surface area contributed by atoms with Crippen LogP contribution in [0.3, 0.4) is 0 Å². The lowest BCUT2D eigenvalue weighted by Crippen LogP contribution is -2.38. The first-order valence-corrected chi connectivity index (χ1v) is 12.3. The van der Waals surface area contributed by atoms with Crippen molar-refractivity contribution in [1.82, 2.24) is 0 Å². The molecule has 0 radical (unpaired) electrons. The van der Waals surface area contributed by atoms with Gasteiger partial charge in [-0.15, -0.1) is 0 Å². The number of carbonyl (C=O) groups excluding carboxylic acids is 2. The molecule has 1 unspecified atom stereocenters. The molecule has 0 N–H and O–H groups in total. The smallest absolute Gasteiger partial charge is 0.422 e. The quantitative estimate of drug-likeness (QED) is 0.342. The molecule has 6 nitrogen and oxygen atoms in total. The van der Waals surface area contributed by atoms with E-state index in [-0.39, 0.29) is 11.8 Å². The van der Waals surface area contributed by atoms with E-state index >= 15 is 0 Å². The second-order valence-electron chi connectivity index (χ2n) is 10.1. The zero-order valence-electron chi connectivity index (χ0n) is 22.2. The maximum Gasteiger partial charge on any atom is 0.422 e. The molecule has 0 saturated carbocycles. The van der Waals surface area contributed by atoms with Gasteiger partial charge in [0.15, 0.2) is 0 Å². The number of para-hydroxylation sites is 2. The van der Waals surface area contributed by atoms with Crippen LogP contribution in [0.2, 0.25) is 0 Å². The molecule has 0 spiro atoms. The molecule has 192 valence electrons. The Morgan fingerprint density at radius 3 is 2.19 bits per heavy atom. The summed E-state index contributed by atoms with van der Waals surface area (Å²) in [5.74, 6) is 1.08. The number of imide groups is 1. The monoisotopic (exact) mass is 499 g/mol. The van der Waals surface area contributed by atoms with Crippen LogP contribution in [-0.2, 0) is 9.53 Å². The molecule has 1 atom stereocenters. The fraction of sp³-hybridized carbons (Fsp3) is 0.290. The molecule has 0 aliphatic carbocycles. The first-order valence-electron chi connectivity index (χ1n) is 12.3. The van der Waals surface area contributed by atoms with E-state index in [2.05, 4.69) is 0 Å². The summed E-state index contributed by atoms with van der Waals surface area (Å²) in [6.45, 7) is 7.30. The van der Waals surface area contributed by atoms with E-state index in [4.69, 9.17) is 14.2 Å². The lowest BCUT2D eigenvalue weighted by Gasteiger charge is -2.24. The lowest BCUT2D eigenvalue weighted by molar-refractivity contribution is -0.112. The molecule has 0 saturated heterocycles. The number of allylic oxidation sites excluding steroid dienone is 1. The molecule has 1 heterocycles. The minimum Gasteiger partial charge on any atom is -0.497 e. The van der Waals surface area contributed by atoms with Crippen molar-refractivity contribution in [2.75, 3.05) is 19.1 Å². The third kappa shape index (κ3) is 5.38. The molecular weight excluding hydrogens is 466 g/mol. The molecule has 4 rings (SSSR count). The van der Waals surface area contributed by atoms with Crippen molar-refractivity contribution in [2.45, 2.75) is 45.6 Å². The Kier molecular flexibility index (Phi) is 7.39. The van der Waals surface area contributed by atoms with Crippen LogP contribution >= 0.6 is 0 Å². The van der Waals surface area contributed by atoms with Gasteiger partial charge in [-0.3, -0.25) is 4.79 Å². The average molecular weight is 500 g/mol. The number of hydrogen-bond donors (Lipinski definition) is 0. The molecule has 2 amide bonds. The van der Waals surface area contributed by atoms with Crippen LogP contribution in [0.15, 0.2) is 78.4 Å². The average Bonchev–Trinajstić information content (AvgIpc) is 3.18. The van der Waals surface area contributed by atoms with Crippen molar-refractivity contribution in [3.63, 3.8) is 0 Å². The van der Waals surface area contributed by atoms with Crippen LogP contribution in [0, 0.1) is 0 Å². The highest BCUT2D eigenvalue weighted by Crippen LogP contribution is 2.43. The fourth-order valence-corrected chi connectivity index (χ4v) is 4.72. The molecule has 1 aliphatic heterocycles. The number of nitrogens with zero attached hydrogens (tertiary/aromatic N) is 1. The van der Waals surface area contributed by atoms with Crippen LogP contribution < -0.4 is 14.4 Å². The Bertz CT molecular complexity index is 1330. The summed E-state index contributed by atoms with van der Waals surface area (Å²) in [5.41, 5.74) is 4.01. The number of fused-ring (bicyclic) bond motifs is 1. The number of anilines is 1. The minimum absolute atomic E-state index is 0.0925. The molecule has 0 bridgehead atoms. The van der Waals surface area contributed by atoms with E-state index in [1.807, 2.05) is 73.7 Å². The van der Waals surface area contributed by atoms with Crippen LogP contribution in [0.25, 0.3) is 5.57 Å². The molecular formula is C31H33NO5. The van der Waals surface area contributed by atoms with Crippen molar-refractivity contribution in [2.24, 2.45) is 0 Å². The Morgan fingerprint density at radius 2 is 1.54 bits per heavy atom. The minimum atomic E-state index is -0.725. The standard InChI is InChI=1S/C31H33NO5/c1-20(28-24-12-7-9-13-26(24)32(29(28)33)30(34)37-31(2,3)4)19-25(21-15-17-22(35-5)18-16-21)23-11-8-10-14-27(23)36-6/h7-18,25H,19H2,1-6H3/b28-20+. The van der Waals surface area contributed by atoms with Crippen molar-refractivity contribution in [1.29, 1.82) is 0 Å². The zero-order chi connectivity index (χ0) is 26.7. The van der Waals surface area contributed by atoms with Gasteiger partial charge in [-0.05, 0) is 63.9 Å². The van der Waals surface area contributed by atoms with Gasteiger partial charge in [-0.1, -0.05) is 54.1 Å². The summed E-state index contributed by atoms with van der Waals surface area (Å²) in [7, 11) is 3.30. The Balaban J connectivity index is 1.80. The second kappa shape index (κ2) is 10.5. The first-order chi connectivity index (χ1) is 17.6. The summed E-state index contributed by atoms with van der Waals surface area (Å²) in [6, 6.07) is 23.2. The summed E-state index contributed by atoms with van der Waals surface area (Å²) in [4.78, 5) is 27.9. The summed E-state index contributed by atoms with van der Waals surface area (Å²) >= 11 is 0. The van der Waals surface area contributed by atoms with Gasteiger partial charge >= 0.3 is 6.09 Å². The fourth-order valence-electron chi connectivity index (χ4n) is 4.72. The predicted molar refractivity (Wildman–Crippen MR) is 145 cm³/mol. The van der Waals surface area contributed by atoms with Crippen molar-refractivity contribution in [3.8, 4) is 11.5 Å². The zero-order valence-corrected chi connectivity index (χ0v) is 22.2. The predicted octanol–water partition coefficient (Wildman–Crippen LogP) is 6.98. The van der Waals surface area contributed by atoms with Crippen molar-refractivity contribution >= 4 is 23.3 Å². The third-order valence-electron chi connectivity index (χ3n) is 6.38. The molecule has 6 heteroatoms. The summed E-state index contributed by atoms with van der Waals surface area (Å²) in [6.07, 6.45) is -0.131. The van der Waals surface area contributed by atoms with Gasteiger partial charge in [0.2, 0.25) is 0 Å². The van der Waals surface area contributed by atoms with E-state index in [9.17, 15) is 9.59 Å². The normalized spacial score (nSPS) is 15.2. The van der Waals surface area contributed by atoms with Crippen LogP contribution in [0.4, 0.5) is 10.5 Å². The van der Waals surface area contributed by atoms with E-state index in [0.717, 1.165) is 38.7 Å². The largest absolute Gasteiger partial charge is 0.497 e. The van der Waals surface area contributed by atoms with Crippen LogP contribution in [0.5, 0.6) is 11.5 Å². The number of methoxy groups -OCH3 is 2. The van der Waals surface area contributed by atoms with Gasteiger partial charge in [0.05, 0.1) is 19.9 Å². The van der Waals surface area contributed by atoms with Crippen molar-refractivity contribution in [3.05, 3.63) is 95.1 Å². The highest BCUT2D eigenvalue weighted by atomic mass is 16.6. The van der Waals surface area contributed by atoms with Crippen LogP contribution in [0.1, 0.15) is 56.7 Å². The van der Waals surface area contributed by atoms with Gasteiger partial charge in [0.25, 0.3) is 5.91 Å². The summed E-state index contributed by atoms with van der Waals surface area (Å²) in [5, 5.41) is 0. The van der Waals surface area contributed by atoms with Gasteiger partial charge in [-0.2, -0.15) is 0 Å². The van der Waals surface area contributed by atoms with Crippen LogP contribution in [-0.4, -0.2) is 31.8 Å². The third-order valence-corrected chi connectivity index (χ3v) is 6.38. The molecule has 0 fully saturated rings. The van der Waals surface area contributed by atoms with Gasteiger partial charge < -0.3 is 14.2 Å². The van der Waals surface area contributed by atoms with E-state index in [1.165, 1.54) is 0 Å². The molecule has 37 heavy (non-hydrogen) atoms. The van der Waals surface area contributed by atoms with E-state index < -0.39 is 11.7 Å². The van der Waals surface area contributed by atoms with Gasteiger partial charge in [0.1, 0.15) is 17.1 Å². The Labute approximate surface area is 218 Å². The van der Waals surface area contributed by atoms with E-state index in [0.29, 0.717) is 17.7 Å². The molecule has 3 aromatic rings. The first kappa shape index (κ1) is 26.0. The maximum absolute atomic E-state index is 13.7. The number of amides is 2. The van der Waals surface area contributed by atoms with Gasteiger partial charge in [-0.25, -0.2) is 9.69 Å². The number of hydrogen-bond acceptors (Lipinski definition) is 5. The number of rotatable bonds is 6. The number of carbonyl (C=O) groups is 2. The molecule has 0 aromatic heterocycles. The van der Waals surface area contributed by atoms with Gasteiger partial charge in [0, 0.05) is 22.6 Å².